The van der Waals surface area contributed by atoms with Crippen LogP contribution in [0.3, 0.4) is 0 Å². The molecule has 0 saturated carbocycles. The SMILES string of the molecule is O=C(Nc1ccc(Nc2ccc3c(c2)OCO3)cc1)c1ccccc1. The van der Waals surface area contributed by atoms with Crippen molar-refractivity contribution < 1.29 is 14.3 Å². The van der Waals surface area contributed by atoms with Gasteiger partial charge in [-0.1, -0.05) is 18.2 Å². The van der Waals surface area contributed by atoms with Gasteiger partial charge in [-0.25, -0.2) is 0 Å². The van der Waals surface area contributed by atoms with Gasteiger partial charge in [0.2, 0.25) is 6.79 Å². The zero-order valence-electron chi connectivity index (χ0n) is 13.4. The van der Waals surface area contributed by atoms with Crippen LogP contribution in [0.25, 0.3) is 0 Å². The third kappa shape index (κ3) is 3.40. The number of ether oxygens (including phenoxy) is 2. The van der Waals surface area contributed by atoms with E-state index >= 15 is 0 Å². The van der Waals surface area contributed by atoms with E-state index in [0.717, 1.165) is 28.6 Å². The lowest BCUT2D eigenvalue weighted by Gasteiger charge is -2.09. The first-order valence-electron chi connectivity index (χ1n) is 7.91. The number of anilines is 3. The first-order chi connectivity index (χ1) is 12.3. The van der Waals surface area contributed by atoms with E-state index in [2.05, 4.69) is 10.6 Å². The van der Waals surface area contributed by atoms with E-state index in [4.69, 9.17) is 9.47 Å². The van der Waals surface area contributed by atoms with Crippen molar-refractivity contribution in [2.24, 2.45) is 0 Å². The van der Waals surface area contributed by atoms with Gasteiger partial charge < -0.3 is 20.1 Å². The predicted molar refractivity (Wildman–Crippen MR) is 96.7 cm³/mol. The molecule has 2 N–H and O–H groups in total. The number of carbonyl (C=O) groups excluding carboxylic acids is 1. The fourth-order valence-electron chi connectivity index (χ4n) is 2.57. The van der Waals surface area contributed by atoms with Crippen molar-refractivity contribution in [3.8, 4) is 11.5 Å². The quantitative estimate of drug-likeness (QED) is 0.743. The molecular formula is C20H16N2O3. The maximum atomic E-state index is 12.1. The lowest BCUT2D eigenvalue weighted by Crippen LogP contribution is -2.11. The van der Waals surface area contributed by atoms with Gasteiger partial charge in [-0.3, -0.25) is 4.79 Å². The minimum absolute atomic E-state index is 0.128. The first kappa shape index (κ1) is 15.1. The molecule has 0 atom stereocenters. The van der Waals surface area contributed by atoms with Crippen molar-refractivity contribution in [2.45, 2.75) is 0 Å². The van der Waals surface area contributed by atoms with E-state index in [0.29, 0.717) is 5.56 Å². The Morgan fingerprint density at radius 3 is 2.24 bits per heavy atom. The van der Waals surface area contributed by atoms with Gasteiger partial charge in [-0.15, -0.1) is 0 Å². The highest BCUT2D eigenvalue weighted by molar-refractivity contribution is 6.04. The fourth-order valence-corrected chi connectivity index (χ4v) is 2.57. The Labute approximate surface area is 145 Å². The molecule has 124 valence electrons. The van der Waals surface area contributed by atoms with Crippen molar-refractivity contribution in [2.75, 3.05) is 17.4 Å². The first-order valence-corrected chi connectivity index (χ1v) is 7.91. The van der Waals surface area contributed by atoms with Crippen LogP contribution < -0.4 is 20.1 Å². The smallest absolute Gasteiger partial charge is 0.255 e. The fraction of sp³-hybridized carbons (Fsp3) is 0.0500. The molecule has 0 unspecified atom stereocenters. The third-order valence-electron chi connectivity index (χ3n) is 3.84. The van der Waals surface area contributed by atoms with Crippen molar-refractivity contribution in [1.82, 2.24) is 0 Å². The second kappa shape index (κ2) is 6.57. The second-order valence-electron chi connectivity index (χ2n) is 5.59. The summed E-state index contributed by atoms with van der Waals surface area (Å²) in [5.41, 5.74) is 3.19. The number of nitrogens with one attached hydrogen (secondary N) is 2. The van der Waals surface area contributed by atoms with E-state index in [1.807, 2.05) is 60.7 Å². The number of benzene rings is 3. The summed E-state index contributed by atoms with van der Waals surface area (Å²) < 4.78 is 10.7. The zero-order chi connectivity index (χ0) is 17.1. The molecule has 5 nitrogen and oxygen atoms in total. The van der Waals surface area contributed by atoms with Crippen LogP contribution >= 0.6 is 0 Å². The van der Waals surface area contributed by atoms with E-state index in [9.17, 15) is 4.79 Å². The lowest BCUT2D eigenvalue weighted by atomic mass is 10.2. The van der Waals surface area contributed by atoms with Gasteiger partial charge >= 0.3 is 0 Å². The maximum Gasteiger partial charge on any atom is 0.255 e. The molecule has 0 spiro atoms. The number of amides is 1. The summed E-state index contributed by atoms with van der Waals surface area (Å²) in [5, 5.41) is 6.18. The Bertz CT molecular complexity index is 893. The molecule has 0 fully saturated rings. The molecule has 0 bridgehead atoms. The van der Waals surface area contributed by atoms with Crippen molar-refractivity contribution in [1.29, 1.82) is 0 Å². The largest absolute Gasteiger partial charge is 0.454 e. The van der Waals surface area contributed by atoms with Gasteiger partial charge in [-0.2, -0.15) is 0 Å². The van der Waals surface area contributed by atoms with Gasteiger partial charge in [0.15, 0.2) is 11.5 Å². The molecule has 3 aromatic carbocycles. The molecule has 25 heavy (non-hydrogen) atoms. The molecule has 1 amide bonds. The summed E-state index contributed by atoms with van der Waals surface area (Å²) >= 11 is 0. The number of hydrogen-bond acceptors (Lipinski definition) is 4. The summed E-state index contributed by atoms with van der Waals surface area (Å²) in [7, 11) is 0. The molecule has 1 aliphatic heterocycles. The molecule has 0 radical (unpaired) electrons. The van der Waals surface area contributed by atoms with Gasteiger partial charge in [-0.05, 0) is 48.5 Å². The molecule has 1 heterocycles. The highest BCUT2D eigenvalue weighted by Gasteiger charge is 2.13. The average Bonchev–Trinajstić information content (AvgIpc) is 3.12. The highest BCUT2D eigenvalue weighted by atomic mass is 16.7. The van der Waals surface area contributed by atoms with Crippen LogP contribution in [-0.4, -0.2) is 12.7 Å². The van der Waals surface area contributed by atoms with Crippen molar-refractivity contribution in [3.05, 3.63) is 78.4 Å². The predicted octanol–water partition coefficient (Wildman–Crippen LogP) is 4.41. The summed E-state index contributed by atoms with van der Waals surface area (Å²) in [6, 6.07) is 22.4. The normalized spacial score (nSPS) is 11.8. The number of carbonyl (C=O) groups is 1. The van der Waals surface area contributed by atoms with Gasteiger partial charge in [0.25, 0.3) is 5.91 Å². The maximum absolute atomic E-state index is 12.1. The van der Waals surface area contributed by atoms with E-state index in [1.165, 1.54) is 0 Å². The lowest BCUT2D eigenvalue weighted by molar-refractivity contribution is 0.102. The molecule has 1 aliphatic rings. The van der Waals surface area contributed by atoms with Crippen LogP contribution in [0.4, 0.5) is 17.1 Å². The molecule has 3 aromatic rings. The third-order valence-corrected chi connectivity index (χ3v) is 3.84. The van der Waals surface area contributed by atoms with Crippen LogP contribution in [0, 0.1) is 0 Å². The molecule has 0 aromatic heterocycles. The summed E-state index contributed by atoms with van der Waals surface area (Å²) in [4.78, 5) is 12.1. The Morgan fingerprint density at radius 2 is 1.44 bits per heavy atom. The molecule has 5 heteroatoms. The number of hydrogen-bond donors (Lipinski definition) is 2. The van der Waals surface area contributed by atoms with Crippen LogP contribution in [0.2, 0.25) is 0 Å². The Hall–Kier alpha value is -3.47. The average molecular weight is 332 g/mol. The van der Waals surface area contributed by atoms with Crippen molar-refractivity contribution >= 4 is 23.0 Å². The summed E-state index contributed by atoms with van der Waals surface area (Å²) in [6.45, 7) is 0.259. The van der Waals surface area contributed by atoms with Crippen LogP contribution in [-0.2, 0) is 0 Å². The highest BCUT2D eigenvalue weighted by Crippen LogP contribution is 2.35. The van der Waals surface area contributed by atoms with Crippen LogP contribution in [0.15, 0.2) is 72.8 Å². The molecule has 0 aliphatic carbocycles. The van der Waals surface area contributed by atoms with Gasteiger partial charge in [0.1, 0.15) is 0 Å². The second-order valence-corrected chi connectivity index (χ2v) is 5.59. The molecule has 0 saturated heterocycles. The number of fused-ring (bicyclic) bond motifs is 1. The van der Waals surface area contributed by atoms with Gasteiger partial charge in [0, 0.05) is 28.7 Å². The topological polar surface area (TPSA) is 59.6 Å². The van der Waals surface area contributed by atoms with Gasteiger partial charge in [0.05, 0.1) is 0 Å². The standard InChI is InChI=1S/C20H16N2O3/c23-20(14-4-2-1-3-5-14)22-16-8-6-15(7-9-16)21-17-10-11-18-19(12-17)25-13-24-18/h1-12,21H,13H2,(H,22,23). The summed E-state index contributed by atoms with van der Waals surface area (Å²) in [5.74, 6) is 1.36. The Morgan fingerprint density at radius 1 is 0.760 bits per heavy atom. The van der Waals surface area contributed by atoms with E-state index < -0.39 is 0 Å². The monoisotopic (exact) mass is 332 g/mol. The van der Waals surface area contributed by atoms with Crippen LogP contribution in [0.1, 0.15) is 10.4 Å². The van der Waals surface area contributed by atoms with Crippen molar-refractivity contribution in [3.63, 3.8) is 0 Å². The Kier molecular flexibility index (Phi) is 3.96. The summed E-state index contributed by atoms with van der Waals surface area (Å²) in [6.07, 6.45) is 0. The Balaban J connectivity index is 1.42. The molecule has 4 rings (SSSR count). The zero-order valence-corrected chi connectivity index (χ0v) is 13.4. The number of rotatable bonds is 4. The van der Waals surface area contributed by atoms with E-state index in [-0.39, 0.29) is 12.7 Å². The van der Waals surface area contributed by atoms with E-state index in [1.54, 1.807) is 12.1 Å². The minimum atomic E-state index is -0.128. The molecular weight excluding hydrogens is 316 g/mol. The minimum Gasteiger partial charge on any atom is -0.454 e. The van der Waals surface area contributed by atoms with Crippen LogP contribution in [0.5, 0.6) is 11.5 Å².